The maximum absolute atomic E-state index is 14.7. The number of benzene rings is 1. The van der Waals surface area contributed by atoms with Crippen molar-refractivity contribution >= 4 is 34.8 Å². The van der Waals surface area contributed by atoms with E-state index in [2.05, 4.69) is 32.0 Å². The van der Waals surface area contributed by atoms with Crippen LogP contribution in [0.25, 0.3) is 38.8 Å². The zero-order chi connectivity index (χ0) is 25.3. The molecule has 0 fully saturated rings. The van der Waals surface area contributed by atoms with Crippen molar-refractivity contribution in [3.8, 4) is 33.2 Å². The molecule has 4 rings (SSSR count). The van der Waals surface area contributed by atoms with Gasteiger partial charge in [-0.05, 0) is 32.1 Å². The van der Waals surface area contributed by atoms with Gasteiger partial charge in [-0.1, -0.05) is 40.7 Å². The van der Waals surface area contributed by atoms with Gasteiger partial charge >= 0.3 is 6.18 Å². The summed E-state index contributed by atoms with van der Waals surface area (Å²) < 4.78 is 63.5. The third kappa shape index (κ3) is 4.66. The van der Waals surface area contributed by atoms with Gasteiger partial charge < -0.3 is 4.52 Å². The number of allylic oxidation sites excluding steroid dienone is 2. The van der Waals surface area contributed by atoms with Gasteiger partial charge in [-0.15, -0.1) is 10.2 Å². The van der Waals surface area contributed by atoms with Crippen LogP contribution in [0.3, 0.4) is 0 Å². The van der Waals surface area contributed by atoms with Crippen LogP contribution in [0.4, 0.5) is 17.6 Å². The lowest BCUT2D eigenvalue weighted by atomic mass is 10.0. The summed E-state index contributed by atoms with van der Waals surface area (Å²) in [6, 6.07) is 3.97. The topological polar surface area (TPSA) is 82.0 Å². The summed E-state index contributed by atoms with van der Waals surface area (Å²) in [6.45, 7) is 6.96. The van der Waals surface area contributed by atoms with Gasteiger partial charge in [0.1, 0.15) is 16.5 Å². The second-order valence-corrected chi connectivity index (χ2v) is 8.58. The fourth-order valence-electron chi connectivity index (χ4n) is 3.26. The molecule has 180 valence electrons. The van der Waals surface area contributed by atoms with Gasteiger partial charge in [0.2, 0.25) is 0 Å². The van der Waals surface area contributed by atoms with Crippen LogP contribution in [-0.2, 0) is 6.18 Å². The number of hydrogen-bond donors (Lipinski definition) is 0. The largest absolute Gasteiger partial charge is 0.434 e. The monoisotopic (exact) mass is 522 g/mol. The minimum absolute atomic E-state index is 0.00406. The molecule has 1 aromatic carbocycles. The summed E-state index contributed by atoms with van der Waals surface area (Å²) >= 11 is 7.29. The van der Waals surface area contributed by atoms with Crippen molar-refractivity contribution in [1.29, 1.82) is 0 Å². The van der Waals surface area contributed by atoms with E-state index in [1.807, 2.05) is 0 Å². The average molecular weight is 523 g/mol. The molecule has 0 saturated heterocycles. The Morgan fingerprint density at radius 1 is 1.26 bits per heavy atom. The number of aliphatic imine (C=N–C) groups is 1. The molecule has 3 aromatic heterocycles. The molecule has 0 aliphatic rings. The SMILES string of the molecule is C=C(/C=C\N=CC)n1ncc(-c2onc(-c3c(F)cccc3Cl)c2-c2nnc(C)s2)c1C(F)(F)F. The first-order valence-corrected chi connectivity index (χ1v) is 11.1. The van der Waals surface area contributed by atoms with E-state index in [-0.39, 0.29) is 38.3 Å². The van der Waals surface area contributed by atoms with Gasteiger partial charge in [0.05, 0.1) is 33.6 Å². The molecule has 0 spiro atoms. The number of nitrogens with zero attached hydrogens (tertiary/aromatic N) is 6. The van der Waals surface area contributed by atoms with E-state index in [0.717, 1.165) is 23.6 Å². The first-order valence-electron chi connectivity index (χ1n) is 9.87. The molecular weight excluding hydrogens is 508 g/mol. The summed E-state index contributed by atoms with van der Waals surface area (Å²) in [5.41, 5.74) is -1.96. The second kappa shape index (κ2) is 9.55. The normalized spacial score (nSPS) is 12.3. The lowest BCUT2D eigenvalue weighted by Gasteiger charge is -2.12. The maximum atomic E-state index is 14.7. The number of hydrogen-bond acceptors (Lipinski definition) is 7. The van der Waals surface area contributed by atoms with Crippen LogP contribution in [0.5, 0.6) is 0 Å². The summed E-state index contributed by atoms with van der Waals surface area (Å²) in [4.78, 5) is 3.82. The minimum atomic E-state index is -4.87. The van der Waals surface area contributed by atoms with E-state index in [9.17, 15) is 17.6 Å². The summed E-state index contributed by atoms with van der Waals surface area (Å²) in [5, 5.41) is 16.4. The molecule has 0 aliphatic heterocycles. The van der Waals surface area contributed by atoms with E-state index < -0.39 is 23.3 Å². The maximum Gasteiger partial charge on any atom is 0.434 e. The lowest BCUT2D eigenvalue weighted by molar-refractivity contribution is -0.142. The highest BCUT2D eigenvalue weighted by Gasteiger charge is 2.41. The van der Waals surface area contributed by atoms with Crippen molar-refractivity contribution in [2.75, 3.05) is 0 Å². The number of rotatable bonds is 6. The molecule has 0 aliphatic carbocycles. The fraction of sp³-hybridized carbons (Fsp3) is 0.136. The summed E-state index contributed by atoms with van der Waals surface area (Å²) in [5.74, 6) is -1.06. The molecule has 0 saturated carbocycles. The van der Waals surface area contributed by atoms with Crippen molar-refractivity contribution in [2.45, 2.75) is 20.0 Å². The Morgan fingerprint density at radius 3 is 2.66 bits per heavy atom. The minimum Gasteiger partial charge on any atom is -0.355 e. The van der Waals surface area contributed by atoms with Crippen molar-refractivity contribution in [3.05, 3.63) is 64.8 Å². The van der Waals surface area contributed by atoms with Gasteiger partial charge in [-0.2, -0.15) is 18.3 Å². The van der Waals surface area contributed by atoms with Crippen molar-refractivity contribution in [1.82, 2.24) is 25.1 Å². The highest BCUT2D eigenvalue weighted by molar-refractivity contribution is 7.14. The van der Waals surface area contributed by atoms with E-state index >= 15 is 0 Å². The Kier molecular flexibility index (Phi) is 6.68. The molecule has 0 radical (unpaired) electrons. The van der Waals surface area contributed by atoms with Crippen LogP contribution in [0.2, 0.25) is 5.02 Å². The van der Waals surface area contributed by atoms with Crippen LogP contribution < -0.4 is 0 Å². The first-order chi connectivity index (χ1) is 16.6. The van der Waals surface area contributed by atoms with Crippen LogP contribution in [-0.4, -0.2) is 31.3 Å². The van der Waals surface area contributed by atoms with Crippen molar-refractivity contribution in [3.63, 3.8) is 0 Å². The van der Waals surface area contributed by atoms with Crippen molar-refractivity contribution < 1.29 is 22.1 Å². The van der Waals surface area contributed by atoms with Gasteiger partial charge in [-0.3, -0.25) is 4.99 Å². The van der Waals surface area contributed by atoms with Gasteiger partial charge in [0.15, 0.2) is 16.5 Å². The predicted octanol–water partition coefficient (Wildman–Crippen LogP) is 6.92. The highest BCUT2D eigenvalue weighted by Crippen LogP contribution is 2.47. The number of aryl methyl sites for hydroxylation is 1. The van der Waals surface area contributed by atoms with Crippen LogP contribution in [0, 0.1) is 12.7 Å². The molecule has 0 amide bonds. The van der Waals surface area contributed by atoms with Gasteiger partial charge in [-0.25, -0.2) is 9.07 Å². The molecule has 4 aromatic rings. The van der Waals surface area contributed by atoms with Crippen molar-refractivity contribution in [2.24, 2.45) is 4.99 Å². The molecule has 13 heteroatoms. The second-order valence-electron chi connectivity index (χ2n) is 6.99. The molecule has 0 unspecified atom stereocenters. The average Bonchev–Trinajstić information content (AvgIpc) is 3.51. The van der Waals surface area contributed by atoms with Gasteiger partial charge in [0, 0.05) is 12.4 Å². The third-order valence-corrected chi connectivity index (χ3v) is 5.86. The van der Waals surface area contributed by atoms with E-state index in [4.69, 9.17) is 16.1 Å². The van der Waals surface area contributed by atoms with E-state index in [0.29, 0.717) is 9.69 Å². The Morgan fingerprint density at radius 2 is 2.03 bits per heavy atom. The Balaban J connectivity index is 2.00. The van der Waals surface area contributed by atoms with Crippen LogP contribution in [0.1, 0.15) is 17.6 Å². The zero-order valence-electron chi connectivity index (χ0n) is 18.1. The highest BCUT2D eigenvalue weighted by atomic mass is 35.5. The van der Waals surface area contributed by atoms with Crippen LogP contribution in [0.15, 0.2) is 52.8 Å². The number of alkyl halides is 3. The third-order valence-electron chi connectivity index (χ3n) is 4.69. The summed E-state index contributed by atoms with van der Waals surface area (Å²) in [7, 11) is 0. The molecular formula is C22H15ClF4N6OS. The number of aromatic nitrogens is 5. The summed E-state index contributed by atoms with van der Waals surface area (Å²) in [6.07, 6.45) is 0.115. The molecule has 7 nitrogen and oxygen atoms in total. The fourth-order valence-corrected chi connectivity index (χ4v) is 4.24. The Labute approximate surface area is 205 Å². The predicted molar refractivity (Wildman–Crippen MR) is 125 cm³/mol. The molecule has 0 N–H and O–H groups in total. The zero-order valence-corrected chi connectivity index (χ0v) is 19.7. The van der Waals surface area contributed by atoms with E-state index in [1.165, 1.54) is 30.6 Å². The molecule has 0 bridgehead atoms. The quantitative estimate of drug-likeness (QED) is 0.156. The van der Waals surface area contributed by atoms with Crippen LogP contribution >= 0.6 is 22.9 Å². The van der Waals surface area contributed by atoms with Gasteiger partial charge in [0.25, 0.3) is 0 Å². The standard InChI is InChI=1S/C22H15ClF4N6OS/c1-4-28-9-8-11(2)33-20(22(25,26)27)13(10-29-33)19-17(21-31-30-12(3)35-21)18(32-34-19)16-14(23)6-5-7-15(16)24/h4-10H,2H2,1,3H3/b9-8-,28-4?. The smallest absolute Gasteiger partial charge is 0.355 e. The Bertz CT molecular complexity index is 1450. The molecule has 3 heterocycles. The Hall–Kier alpha value is -3.64. The lowest BCUT2D eigenvalue weighted by Crippen LogP contribution is -2.14. The first kappa shape index (κ1) is 24.5. The van der Waals surface area contributed by atoms with E-state index in [1.54, 1.807) is 13.8 Å². The molecule has 35 heavy (non-hydrogen) atoms. The number of halogens is 5. The molecule has 0 atom stereocenters.